The number of furan rings is 1. The third-order valence-electron chi connectivity index (χ3n) is 5.25. The van der Waals surface area contributed by atoms with Crippen molar-refractivity contribution in [3.63, 3.8) is 0 Å². The van der Waals surface area contributed by atoms with Gasteiger partial charge in [-0.3, -0.25) is 0 Å². The van der Waals surface area contributed by atoms with Gasteiger partial charge in [0.15, 0.2) is 0 Å². The van der Waals surface area contributed by atoms with Gasteiger partial charge in [0.05, 0.1) is 6.26 Å². The van der Waals surface area contributed by atoms with E-state index in [9.17, 15) is 0 Å². The highest BCUT2D eigenvalue weighted by molar-refractivity contribution is 5.89. The molecular weight excluding hydrogens is 280 g/mol. The molecule has 1 heteroatoms. The van der Waals surface area contributed by atoms with E-state index in [1.807, 2.05) is 6.26 Å². The molecule has 2 rings (SSSR count). The molecule has 0 aliphatic heterocycles. The number of aryl methyl sites for hydroxylation is 3. The summed E-state index contributed by atoms with van der Waals surface area (Å²) < 4.78 is 6.04. The molecule has 0 saturated heterocycles. The van der Waals surface area contributed by atoms with Crippen molar-refractivity contribution < 1.29 is 4.42 Å². The fraction of sp³-hybridized carbons (Fsp3) is 0.636. The van der Waals surface area contributed by atoms with Gasteiger partial charge in [-0.1, -0.05) is 40.0 Å². The van der Waals surface area contributed by atoms with Crippen molar-refractivity contribution >= 4 is 11.0 Å². The van der Waals surface area contributed by atoms with Crippen molar-refractivity contribution in [3.8, 4) is 0 Å². The lowest BCUT2D eigenvalue weighted by atomic mass is 9.86. The second kappa shape index (κ2) is 8.57. The molecule has 0 aliphatic carbocycles. The maximum Gasteiger partial charge on any atom is 0.137 e. The number of benzene rings is 1. The van der Waals surface area contributed by atoms with Gasteiger partial charge in [0.25, 0.3) is 0 Å². The van der Waals surface area contributed by atoms with E-state index in [0.717, 1.165) is 12.0 Å². The average Bonchev–Trinajstić information content (AvgIpc) is 2.98. The highest BCUT2D eigenvalue weighted by atomic mass is 16.3. The van der Waals surface area contributed by atoms with Crippen molar-refractivity contribution in [1.29, 1.82) is 0 Å². The first-order chi connectivity index (χ1) is 11.2. The SMILES string of the molecule is CCCCc1c(C)c(C)c2occ(CCCC)c2c1CCCC. The lowest BCUT2D eigenvalue weighted by Crippen LogP contribution is -2.03. The van der Waals surface area contributed by atoms with Crippen molar-refractivity contribution in [2.75, 3.05) is 0 Å². The minimum Gasteiger partial charge on any atom is -0.464 e. The van der Waals surface area contributed by atoms with Crippen molar-refractivity contribution in [1.82, 2.24) is 0 Å². The molecule has 128 valence electrons. The first-order valence-electron chi connectivity index (χ1n) is 9.66. The third-order valence-corrected chi connectivity index (χ3v) is 5.25. The molecule has 0 atom stereocenters. The molecule has 1 aromatic heterocycles. The standard InChI is InChI=1S/C22H34O/c1-6-9-12-18-15-23-22-17(5)16(4)19(13-10-7-2)20(21(18)22)14-11-8-3/h15H,6-14H2,1-5H3. The predicted molar refractivity (Wildman–Crippen MR) is 102 cm³/mol. The fourth-order valence-electron chi connectivity index (χ4n) is 3.65. The average molecular weight is 315 g/mol. The van der Waals surface area contributed by atoms with E-state index in [-0.39, 0.29) is 0 Å². The number of hydrogen-bond acceptors (Lipinski definition) is 1. The zero-order valence-electron chi connectivity index (χ0n) is 15.8. The van der Waals surface area contributed by atoms with Crippen LogP contribution in [0.1, 0.15) is 87.1 Å². The molecular formula is C22H34O. The van der Waals surface area contributed by atoms with Gasteiger partial charge in [0, 0.05) is 5.39 Å². The fourth-order valence-corrected chi connectivity index (χ4v) is 3.65. The van der Waals surface area contributed by atoms with E-state index in [4.69, 9.17) is 4.42 Å². The minimum absolute atomic E-state index is 1.15. The third kappa shape index (κ3) is 3.82. The molecule has 0 fully saturated rings. The topological polar surface area (TPSA) is 13.1 Å². The molecule has 0 bridgehead atoms. The Morgan fingerprint density at radius 3 is 1.91 bits per heavy atom. The Morgan fingerprint density at radius 2 is 1.30 bits per heavy atom. The van der Waals surface area contributed by atoms with E-state index in [1.54, 1.807) is 11.1 Å². The van der Waals surface area contributed by atoms with Crippen LogP contribution in [0.5, 0.6) is 0 Å². The number of hydrogen-bond donors (Lipinski definition) is 0. The van der Waals surface area contributed by atoms with Crippen LogP contribution in [0.2, 0.25) is 0 Å². The summed E-state index contributed by atoms with van der Waals surface area (Å²) in [5.41, 5.74) is 8.62. The zero-order chi connectivity index (χ0) is 16.8. The van der Waals surface area contributed by atoms with E-state index in [1.165, 1.54) is 73.4 Å². The molecule has 1 nitrogen and oxygen atoms in total. The van der Waals surface area contributed by atoms with Gasteiger partial charge >= 0.3 is 0 Å². The molecule has 0 N–H and O–H groups in total. The number of unbranched alkanes of at least 4 members (excludes halogenated alkanes) is 3. The van der Waals surface area contributed by atoms with Crippen LogP contribution in [-0.2, 0) is 19.3 Å². The van der Waals surface area contributed by atoms with Crippen LogP contribution in [0.15, 0.2) is 10.7 Å². The summed E-state index contributed by atoms with van der Waals surface area (Å²) in [7, 11) is 0. The first-order valence-corrected chi connectivity index (χ1v) is 9.66. The Kier molecular flexibility index (Phi) is 6.74. The smallest absolute Gasteiger partial charge is 0.137 e. The minimum atomic E-state index is 1.15. The van der Waals surface area contributed by atoms with Crippen molar-refractivity contribution in [2.24, 2.45) is 0 Å². The van der Waals surface area contributed by atoms with E-state index >= 15 is 0 Å². The Bertz CT molecular complexity index is 633. The molecule has 2 aromatic rings. The van der Waals surface area contributed by atoms with Crippen molar-refractivity contribution in [3.05, 3.63) is 34.1 Å². The Labute approximate surface area is 142 Å². The molecule has 0 aliphatic rings. The zero-order valence-corrected chi connectivity index (χ0v) is 15.8. The molecule has 1 heterocycles. The highest BCUT2D eigenvalue weighted by Crippen LogP contribution is 2.36. The summed E-state index contributed by atoms with van der Waals surface area (Å²) in [5.74, 6) is 0. The second-order valence-electron chi connectivity index (χ2n) is 6.98. The summed E-state index contributed by atoms with van der Waals surface area (Å²) in [5, 5.41) is 1.46. The largest absolute Gasteiger partial charge is 0.464 e. The van der Waals surface area contributed by atoms with E-state index in [2.05, 4.69) is 34.6 Å². The van der Waals surface area contributed by atoms with Gasteiger partial charge in [-0.25, -0.2) is 0 Å². The van der Waals surface area contributed by atoms with Gasteiger partial charge in [-0.2, -0.15) is 0 Å². The summed E-state index contributed by atoms with van der Waals surface area (Å²) in [6, 6.07) is 0. The van der Waals surface area contributed by atoms with E-state index in [0.29, 0.717) is 0 Å². The maximum absolute atomic E-state index is 6.04. The molecule has 0 radical (unpaired) electrons. The lowest BCUT2D eigenvalue weighted by Gasteiger charge is -2.17. The van der Waals surface area contributed by atoms with Gasteiger partial charge in [0.2, 0.25) is 0 Å². The summed E-state index contributed by atoms with van der Waals surface area (Å²) in [6.45, 7) is 11.4. The van der Waals surface area contributed by atoms with Crippen LogP contribution < -0.4 is 0 Å². The molecule has 0 amide bonds. The van der Waals surface area contributed by atoms with Crippen LogP contribution >= 0.6 is 0 Å². The maximum atomic E-state index is 6.04. The number of fused-ring (bicyclic) bond motifs is 1. The predicted octanol–water partition coefficient (Wildman–Crippen LogP) is 7.08. The Hall–Kier alpha value is -1.24. The van der Waals surface area contributed by atoms with Crippen LogP contribution in [-0.4, -0.2) is 0 Å². The van der Waals surface area contributed by atoms with Gasteiger partial charge < -0.3 is 4.42 Å². The molecule has 0 spiro atoms. The van der Waals surface area contributed by atoms with Gasteiger partial charge in [0.1, 0.15) is 5.58 Å². The quantitative estimate of drug-likeness (QED) is 0.482. The van der Waals surface area contributed by atoms with E-state index < -0.39 is 0 Å². The Balaban J connectivity index is 2.61. The summed E-state index contributed by atoms with van der Waals surface area (Å²) in [6.07, 6.45) is 13.2. The normalized spacial score (nSPS) is 11.5. The highest BCUT2D eigenvalue weighted by Gasteiger charge is 2.19. The molecule has 0 unspecified atom stereocenters. The second-order valence-corrected chi connectivity index (χ2v) is 6.98. The van der Waals surface area contributed by atoms with Gasteiger partial charge in [-0.05, 0) is 80.2 Å². The van der Waals surface area contributed by atoms with Crippen molar-refractivity contribution in [2.45, 2.75) is 92.4 Å². The summed E-state index contributed by atoms with van der Waals surface area (Å²) >= 11 is 0. The van der Waals surface area contributed by atoms with Crippen LogP contribution in [0.3, 0.4) is 0 Å². The van der Waals surface area contributed by atoms with Gasteiger partial charge in [-0.15, -0.1) is 0 Å². The molecule has 0 saturated carbocycles. The lowest BCUT2D eigenvalue weighted by molar-refractivity contribution is 0.605. The molecule has 23 heavy (non-hydrogen) atoms. The molecule has 1 aromatic carbocycles. The first kappa shape index (κ1) is 18.1. The Morgan fingerprint density at radius 1 is 0.739 bits per heavy atom. The van der Waals surface area contributed by atoms with Crippen LogP contribution in [0.25, 0.3) is 11.0 Å². The number of rotatable bonds is 9. The van der Waals surface area contributed by atoms with Crippen LogP contribution in [0.4, 0.5) is 0 Å². The van der Waals surface area contributed by atoms with Crippen LogP contribution in [0, 0.1) is 13.8 Å². The monoisotopic (exact) mass is 314 g/mol. The summed E-state index contributed by atoms with van der Waals surface area (Å²) in [4.78, 5) is 0.